The monoisotopic (exact) mass is 395 g/mol. The van der Waals surface area contributed by atoms with Gasteiger partial charge in [0.25, 0.3) is 0 Å². The fourth-order valence-electron chi connectivity index (χ4n) is 2.82. The van der Waals surface area contributed by atoms with Crippen LogP contribution >= 0.6 is 0 Å². The maximum absolute atomic E-state index is 10.1. The van der Waals surface area contributed by atoms with E-state index in [-0.39, 0.29) is 11.7 Å². The number of rotatable bonds is 8. The zero-order valence-electron chi connectivity index (χ0n) is 17.4. The van der Waals surface area contributed by atoms with E-state index in [1.807, 2.05) is 31.2 Å². The molecule has 0 bridgehead atoms. The highest BCUT2D eigenvalue weighted by Crippen LogP contribution is 2.32. The number of phenolic OH excluding ortho intramolecular Hbond substituents is 1. The summed E-state index contributed by atoms with van der Waals surface area (Å²) in [5.41, 5.74) is 15.5. The summed E-state index contributed by atoms with van der Waals surface area (Å²) in [6, 6.07) is 8.92. The predicted octanol–water partition coefficient (Wildman–Crippen LogP) is 4.38. The van der Waals surface area contributed by atoms with Crippen LogP contribution < -0.4 is 20.9 Å². The first kappa shape index (κ1) is 21.9. The molecule has 0 saturated carbocycles. The van der Waals surface area contributed by atoms with Crippen molar-refractivity contribution in [2.45, 2.75) is 27.2 Å². The lowest BCUT2D eigenvalue weighted by Gasteiger charge is -2.13. The molecular formula is C23H29N3O3. The maximum atomic E-state index is 10.1. The van der Waals surface area contributed by atoms with E-state index in [0.717, 1.165) is 16.7 Å². The summed E-state index contributed by atoms with van der Waals surface area (Å²) in [7, 11) is 1.57. The lowest BCUT2D eigenvalue weighted by molar-refractivity contribution is 0.334. The smallest absolute Gasteiger partial charge is 0.191 e. The third kappa shape index (κ3) is 6.31. The zero-order valence-corrected chi connectivity index (χ0v) is 17.4. The van der Waals surface area contributed by atoms with Crippen molar-refractivity contribution in [1.29, 1.82) is 0 Å². The molecule has 6 heteroatoms. The Labute approximate surface area is 172 Å². The first-order valence-electron chi connectivity index (χ1n) is 9.41. The Morgan fingerprint density at radius 1 is 1.10 bits per heavy atom. The molecule has 154 valence electrons. The minimum Gasteiger partial charge on any atom is -0.508 e. The highest BCUT2D eigenvalue weighted by Gasteiger charge is 2.10. The number of benzene rings is 2. The molecule has 0 heterocycles. The van der Waals surface area contributed by atoms with Crippen LogP contribution in [0.15, 0.2) is 47.0 Å². The third-order valence-corrected chi connectivity index (χ3v) is 4.15. The van der Waals surface area contributed by atoms with Gasteiger partial charge in [0.1, 0.15) is 22.9 Å². The van der Waals surface area contributed by atoms with E-state index in [9.17, 15) is 5.11 Å². The van der Waals surface area contributed by atoms with Crippen LogP contribution in [0.25, 0.3) is 12.2 Å². The van der Waals surface area contributed by atoms with Gasteiger partial charge in [0.15, 0.2) is 5.96 Å². The van der Waals surface area contributed by atoms with Crippen molar-refractivity contribution < 1.29 is 14.6 Å². The van der Waals surface area contributed by atoms with E-state index in [2.05, 4.69) is 24.9 Å². The van der Waals surface area contributed by atoms with Crippen molar-refractivity contribution in [3.63, 3.8) is 0 Å². The second-order valence-corrected chi connectivity index (χ2v) is 6.73. The lowest BCUT2D eigenvalue weighted by atomic mass is 10.00. The number of allylic oxidation sites excluding steroid dienone is 2. The first-order valence-corrected chi connectivity index (χ1v) is 9.41. The summed E-state index contributed by atoms with van der Waals surface area (Å²) in [6.07, 6.45) is 6.74. The van der Waals surface area contributed by atoms with Crippen LogP contribution in [0.4, 0.5) is 5.69 Å². The Morgan fingerprint density at radius 3 is 2.48 bits per heavy atom. The SMILES string of the molecule is CCOc1cc(O)cc(/C=C/c2ccc(N=C(N)N)c(OC)c2)c1CC=C(C)C. The number of ether oxygens (including phenoxy) is 2. The third-order valence-electron chi connectivity index (χ3n) is 4.15. The highest BCUT2D eigenvalue weighted by molar-refractivity contribution is 5.81. The molecule has 0 fully saturated rings. The van der Waals surface area contributed by atoms with Gasteiger partial charge in [-0.05, 0) is 56.5 Å². The van der Waals surface area contributed by atoms with Crippen LogP contribution in [0.2, 0.25) is 0 Å². The number of guanidine groups is 1. The van der Waals surface area contributed by atoms with E-state index < -0.39 is 0 Å². The van der Waals surface area contributed by atoms with Crippen LogP contribution in [0, 0.1) is 0 Å². The molecule has 0 atom stereocenters. The second kappa shape index (κ2) is 10.2. The molecule has 6 nitrogen and oxygen atoms in total. The molecule has 0 aliphatic rings. The molecule has 2 rings (SSSR count). The lowest BCUT2D eigenvalue weighted by Crippen LogP contribution is -2.21. The number of nitrogens with two attached hydrogens (primary N) is 2. The number of aromatic hydroxyl groups is 1. The van der Waals surface area contributed by atoms with Gasteiger partial charge in [-0.2, -0.15) is 0 Å². The number of aliphatic imine (C=N–C) groups is 1. The Balaban J connectivity index is 2.45. The quantitative estimate of drug-likeness (QED) is 0.266. The Hall–Kier alpha value is -3.41. The van der Waals surface area contributed by atoms with Crippen molar-refractivity contribution in [3.8, 4) is 17.2 Å². The minimum atomic E-state index is -0.0290. The molecule has 2 aromatic rings. The summed E-state index contributed by atoms with van der Waals surface area (Å²) >= 11 is 0. The molecule has 0 radical (unpaired) electrons. The van der Waals surface area contributed by atoms with Gasteiger partial charge in [-0.3, -0.25) is 0 Å². The van der Waals surface area contributed by atoms with Crippen molar-refractivity contribution in [1.82, 2.24) is 0 Å². The fraction of sp³-hybridized carbons (Fsp3) is 0.261. The van der Waals surface area contributed by atoms with Crippen molar-refractivity contribution in [3.05, 3.63) is 58.7 Å². The average Bonchev–Trinajstić information content (AvgIpc) is 2.66. The molecule has 0 aliphatic heterocycles. The van der Waals surface area contributed by atoms with Crippen molar-refractivity contribution in [2.75, 3.05) is 13.7 Å². The maximum Gasteiger partial charge on any atom is 0.191 e. The van der Waals surface area contributed by atoms with E-state index in [1.165, 1.54) is 5.57 Å². The van der Waals surface area contributed by atoms with Gasteiger partial charge in [0.05, 0.1) is 13.7 Å². The van der Waals surface area contributed by atoms with Crippen LogP contribution in [0.3, 0.4) is 0 Å². The summed E-state index contributed by atoms with van der Waals surface area (Å²) in [6.45, 7) is 6.56. The molecule has 5 N–H and O–H groups in total. The van der Waals surface area contributed by atoms with Gasteiger partial charge in [-0.1, -0.05) is 29.9 Å². The van der Waals surface area contributed by atoms with Crippen LogP contribution in [0.1, 0.15) is 37.5 Å². The largest absolute Gasteiger partial charge is 0.508 e. The number of hydrogen-bond donors (Lipinski definition) is 3. The fourth-order valence-corrected chi connectivity index (χ4v) is 2.82. The van der Waals surface area contributed by atoms with Crippen LogP contribution in [0.5, 0.6) is 17.2 Å². The van der Waals surface area contributed by atoms with Crippen LogP contribution in [-0.2, 0) is 6.42 Å². The predicted molar refractivity (Wildman–Crippen MR) is 120 cm³/mol. The Bertz CT molecular complexity index is 939. The van der Waals surface area contributed by atoms with E-state index in [1.54, 1.807) is 25.3 Å². The number of methoxy groups -OCH3 is 1. The number of nitrogens with zero attached hydrogens (tertiary/aromatic N) is 1. The van der Waals surface area contributed by atoms with Crippen molar-refractivity contribution in [2.24, 2.45) is 16.5 Å². The Kier molecular flexibility index (Phi) is 7.71. The zero-order chi connectivity index (χ0) is 21.4. The molecule has 29 heavy (non-hydrogen) atoms. The summed E-state index contributed by atoms with van der Waals surface area (Å²) in [5.74, 6) is 1.38. The molecular weight excluding hydrogens is 366 g/mol. The van der Waals surface area contributed by atoms with Gasteiger partial charge in [-0.15, -0.1) is 0 Å². The molecule has 0 amide bonds. The van der Waals surface area contributed by atoms with Crippen LogP contribution in [-0.4, -0.2) is 24.8 Å². The molecule has 0 aliphatic carbocycles. The minimum absolute atomic E-state index is 0.0290. The van der Waals surface area contributed by atoms with E-state index in [4.69, 9.17) is 20.9 Å². The molecule has 0 unspecified atom stereocenters. The number of phenols is 1. The molecule has 0 spiro atoms. The summed E-state index contributed by atoms with van der Waals surface area (Å²) in [4.78, 5) is 4.06. The van der Waals surface area contributed by atoms with Gasteiger partial charge in [0.2, 0.25) is 0 Å². The van der Waals surface area contributed by atoms with Gasteiger partial charge >= 0.3 is 0 Å². The van der Waals surface area contributed by atoms with Gasteiger partial charge < -0.3 is 26.0 Å². The summed E-state index contributed by atoms with van der Waals surface area (Å²) < 4.78 is 11.1. The molecule has 0 aromatic heterocycles. The Morgan fingerprint density at radius 2 is 1.86 bits per heavy atom. The average molecular weight is 396 g/mol. The molecule has 2 aromatic carbocycles. The van der Waals surface area contributed by atoms with Crippen molar-refractivity contribution >= 4 is 23.8 Å². The second-order valence-electron chi connectivity index (χ2n) is 6.73. The number of hydrogen-bond acceptors (Lipinski definition) is 4. The van der Waals surface area contributed by atoms with E-state index >= 15 is 0 Å². The standard InChI is InChI=1S/C23H29N3O3/c1-5-29-21-14-18(27)13-17(19(21)10-6-15(2)3)9-7-16-8-11-20(26-23(24)25)22(12-16)28-4/h6-9,11-14,27H,5,10H2,1-4H3,(H4,24,25,26)/b9-7+. The van der Waals surface area contributed by atoms with Gasteiger partial charge in [-0.25, -0.2) is 4.99 Å². The normalized spacial score (nSPS) is 10.6. The molecule has 0 saturated heterocycles. The van der Waals surface area contributed by atoms with Gasteiger partial charge in [0, 0.05) is 11.6 Å². The topological polar surface area (TPSA) is 103 Å². The van der Waals surface area contributed by atoms with E-state index in [0.29, 0.717) is 30.2 Å². The first-order chi connectivity index (χ1) is 13.8. The summed E-state index contributed by atoms with van der Waals surface area (Å²) in [5, 5.41) is 10.1. The highest BCUT2D eigenvalue weighted by atomic mass is 16.5.